The lowest BCUT2D eigenvalue weighted by Gasteiger charge is -2.33. The van der Waals surface area contributed by atoms with Gasteiger partial charge >= 0.3 is 0 Å². The third-order valence-electron chi connectivity index (χ3n) is 7.00. The highest BCUT2D eigenvalue weighted by molar-refractivity contribution is 7.96. The van der Waals surface area contributed by atoms with Gasteiger partial charge in [0, 0.05) is 50.2 Å². The Kier molecular flexibility index (Phi) is 8.17. The number of carbonyl (C=O) groups excluding carboxylic acids is 1. The second kappa shape index (κ2) is 11.3. The van der Waals surface area contributed by atoms with E-state index in [-0.39, 0.29) is 11.9 Å². The van der Waals surface area contributed by atoms with Crippen LogP contribution in [0.5, 0.6) is 0 Å². The molecule has 2 aliphatic heterocycles. The van der Waals surface area contributed by atoms with Crippen molar-refractivity contribution in [2.45, 2.75) is 31.7 Å². The molecule has 0 aromatic heterocycles. The van der Waals surface area contributed by atoms with E-state index in [0.717, 1.165) is 75.2 Å². The molecule has 1 aliphatic carbocycles. The van der Waals surface area contributed by atoms with E-state index in [0.29, 0.717) is 5.92 Å². The summed E-state index contributed by atoms with van der Waals surface area (Å²) in [6, 6.07) is 6.11. The second-order valence-corrected chi connectivity index (χ2v) is 9.97. The number of hydrogen-bond acceptors (Lipinski definition) is 6. The zero-order chi connectivity index (χ0) is 23.2. The van der Waals surface area contributed by atoms with Crippen LogP contribution in [0.25, 0.3) is 0 Å². The Morgan fingerprint density at radius 3 is 2.76 bits per heavy atom. The van der Waals surface area contributed by atoms with Gasteiger partial charge in [-0.1, -0.05) is 36.3 Å². The van der Waals surface area contributed by atoms with Crippen LogP contribution < -0.4 is 21.3 Å². The number of nitrogens with zero attached hydrogens (tertiary/aromatic N) is 2. The first-order chi connectivity index (χ1) is 16.1. The summed E-state index contributed by atoms with van der Waals surface area (Å²) < 4.78 is 2.40. The average molecular weight is 468 g/mol. The molecular formula is C26H37N5OS. The molecule has 2 heterocycles. The van der Waals surface area contributed by atoms with Gasteiger partial charge in [0.25, 0.3) is 5.91 Å². The van der Waals surface area contributed by atoms with Gasteiger partial charge < -0.3 is 21.3 Å². The van der Waals surface area contributed by atoms with Gasteiger partial charge in [0.15, 0.2) is 0 Å². The summed E-state index contributed by atoms with van der Waals surface area (Å²) in [6.45, 7) is 4.77. The van der Waals surface area contributed by atoms with Crippen LogP contribution >= 0.6 is 11.9 Å². The standard InChI is InChI=1S/C26H37N5OS/c1-28-24(22-7-3-4-8-23(22)27)18-30-13-5-6-20-16-21(9-10-25(20)30)26(32)29-17-19-11-14-31(33-2)15-12-19/h3-4,7-10,16,19,23,28H,5-6,11-15,17-18,27H2,1-2H3,(H,29,32)/b24-22-. The third kappa shape index (κ3) is 5.83. The molecule has 1 unspecified atom stereocenters. The first-order valence-electron chi connectivity index (χ1n) is 12.1. The zero-order valence-electron chi connectivity index (χ0n) is 19.8. The molecule has 0 spiro atoms. The fourth-order valence-electron chi connectivity index (χ4n) is 4.98. The minimum atomic E-state index is -0.0826. The molecule has 0 bridgehead atoms. The van der Waals surface area contributed by atoms with Crippen LogP contribution in [0.4, 0.5) is 5.69 Å². The predicted octanol–water partition coefficient (Wildman–Crippen LogP) is 3.09. The first-order valence-corrected chi connectivity index (χ1v) is 13.2. The lowest BCUT2D eigenvalue weighted by molar-refractivity contribution is 0.0942. The minimum absolute atomic E-state index is 0.0466. The van der Waals surface area contributed by atoms with Crippen molar-refractivity contribution < 1.29 is 4.79 Å². The van der Waals surface area contributed by atoms with Crippen molar-refractivity contribution >= 4 is 23.5 Å². The Morgan fingerprint density at radius 1 is 1.21 bits per heavy atom. The molecule has 7 heteroatoms. The predicted molar refractivity (Wildman–Crippen MR) is 139 cm³/mol. The number of benzene rings is 1. The van der Waals surface area contributed by atoms with Crippen LogP contribution in [0.3, 0.4) is 0 Å². The number of carbonyl (C=O) groups is 1. The van der Waals surface area contributed by atoms with Gasteiger partial charge in [-0.2, -0.15) is 0 Å². The molecule has 6 nitrogen and oxygen atoms in total. The molecule has 1 saturated heterocycles. The number of fused-ring (bicyclic) bond motifs is 1. The van der Waals surface area contributed by atoms with E-state index in [1.165, 1.54) is 11.3 Å². The molecular weight excluding hydrogens is 430 g/mol. The molecule has 4 rings (SSSR count). The van der Waals surface area contributed by atoms with Crippen LogP contribution in [-0.2, 0) is 6.42 Å². The Morgan fingerprint density at radius 2 is 2.03 bits per heavy atom. The van der Waals surface area contributed by atoms with E-state index in [1.54, 1.807) is 0 Å². The SMILES string of the molecule is CN/C(CN1CCCc2cc(C(=O)NCC3CCN(SC)CC3)ccc21)=C1/C=CC=CC1N. The number of aryl methyl sites for hydroxylation is 1. The van der Waals surface area contributed by atoms with E-state index in [4.69, 9.17) is 5.73 Å². The highest BCUT2D eigenvalue weighted by Gasteiger charge is 2.22. The maximum absolute atomic E-state index is 12.9. The van der Waals surface area contributed by atoms with E-state index in [9.17, 15) is 4.79 Å². The van der Waals surface area contributed by atoms with Gasteiger partial charge in [-0.3, -0.25) is 9.10 Å². The summed E-state index contributed by atoms with van der Waals surface area (Å²) in [4.78, 5) is 15.3. The molecule has 1 amide bonds. The lowest BCUT2D eigenvalue weighted by Crippen LogP contribution is -2.37. The summed E-state index contributed by atoms with van der Waals surface area (Å²) in [5.41, 5.74) is 11.8. The fourth-order valence-corrected chi connectivity index (χ4v) is 5.56. The molecule has 1 fully saturated rings. The van der Waals surface area contributed by atoms with Crippen LogP contribution in [0.15, 0.2) is 53.8 Å². The average Bonchev–Trinajstić information content (AvgIpc) is 2.86. The Bertz CT molecular complexity index is 933. The number of hydrogen-bond donors (Lipinski definition) is 3. The lowest BCUT2D eigenvalue weighted by atomic mass is 9.96. The van der Waals surface area contributed by atoms with E-state index in [1.807, 2.05) is 43.3 Å². The highest BCUT2D eigenvalue weighted by atomic mass is 32.2. The highest BCUT2D eigenvalue weighted by Crippen LogP contribution is 2.29. The number of piperidine rings is 1. The van der Waals surface area contributed by atoms with Gasteiger partial charge in [-0.15, -0.1) is 0 Å². The number of nitrogens with one attached hydrogen (secondary N) is 2. The number of anilines is 1. The maximum Gasteiger partial charge on any atom is 0.251 e. The molecule has 4 N–H and O–H groups in total. The molecule has 0 radical (unpaired) electrons. The quantitative estimate of drug-likeness (QED) is 0.535. The number of nitrogens with two attached hydrogens (primary N) is 1. The summed E-state index contributed by atoms with van der Waals surface area (Å²) in [7, 11) is 1.96. The van der Waals surface area contributed by atoms with E-state index in [2.05, 4.69) is 44.3 Å². The molecule has 1 atom stereocenters. The van der Waals surface area contributed by atoms with Gasteiger partial charge in [-0.05, 0) is 67.2 Å². The zero-order valence-corrected chi connectivity index (χ0v) is 20.7. The normalized spacial score (nSPS) is 22.8. The smallest absolute Gasteiger partial charge is 0.251 e. The van der Waals surface area contributed by atoms with Crippen molar-refractivity contribution in [2.24, 2.45) is 11.7 Å². The molecule has 1 aromatic carbocycles. The number of allylic oxidation sites excluding steroid dienone is 2. The summed E-state index contributed by atoms with van der Waals surface area (Å²) >= 11 is 1.82. The minimum Gasteiger partial charge on any atom is -0.390 e. The number of rotatable bonds is 7. The Labute approximate surface area is 202 Å². The van der Waals surface area contributed by atoms with Crippen LogP contribution in [0.2, 0.25) is 0 Å². The van der Waals surface area contributed by atoms with Gasteiger partial charge in [0.1, 0.15) is 0 Å². The van der Waals surface area contributed by atoms with E-state index < -0.39 is 0 Å². The van der Waals surface area contributed by atoms with Gasteiger partial charge in [-0.25, -0.2) is 0 Å². The number of likely N-dealkylation sites (N-methyl/N-ethyl adjacent to an activating group) is 1. The molecule has 0 saturated carbocycles. The molecule has 3 aliphatic rings. The van der Waals surface area contributed by atoms with Crippen LogP contribution in [0, 0.1) is 5.92 Å². The van der Waals surface area contributed by atoms with Crippen molar-refractivity contribution in [3.8, 4) is 0 Å². The van der Waals surface area contributed by atoms with E-state index >= 15 is 0 Å². The van der Waals surface area contributed by atoms with Crippen molar-refractivity contribution in [3.05, 3.63) is 64.9 Å². The third-order valence-corrected chi connectivity index (χ3v) is 7.88. The largest absolute Gasteiger partial charge is 0.390 e. The van der Waals surface area contributed by atoms with Crippen LogP contribution in [0.1, 0.15) is 35.2 Å². The second-order valence-electron chi connectivity index (χ2n) is 9.09. The topological polar surface area (TPSA) is 73.6 Å². The van der Waals surface area contributed by atoms with Crippen molar-refractivity contribution in [1.82, 2.24) is 14.9 Å². The number of amides is 1. The molecule has 1 aromatic rings. The Balaban J connectivity index is 1.40. The maximum atomic E-state index is 12.9. The molecule has 178 valence electrons. The summed E-state index contributed by atoms with van der Waals surface area (Å²) in [6.07, 6.45) is 14.7. The van der Waals surface area contributed by atoms with Crippen molar-refractivity contribution in [3.63, 3.8) is 0 Å². The van der Waals surface area contributed by atoms with Crippen molar-refractivity contribution in [1.29, 1.82) is 0 Å². The monoisotopic (exact) mass is 467 g/mol. The van der Waals surface area contributed by atoms with Gasteiger partial charge in [0.2, 0.25) is 0 Å². The summed E-state index contributed by atoms with van der Waals surface area (Å²) in [5, 5.41) is 6.55. The van der Waals surface area contributed by atoms with Crippen molar-refractivity contribution in [2.75, 3.05) is 50.9 Å². The fraction of sp³-hybridized carbons (Fsp3) is 0.500. The first kappa shape index (κ1) is 23.9. The Hall–Kier alpha value is -2.22. The summed E-state index contributed by atoms with van der Waals surface area (Å²) in [5.74, 6) is 0.624. The van der Waals surface area contributed by atoms with Gasteiger partial charge in [0.05, 0.1) is 12.6 Å². The molecule has 33 heavy (non-hydrogen) atoms. The van der Waals surface area contributed by atoms with Crippen LogP contribution in [-0.4, -0.2) is 62.3 Å².